The van der Waals surface area contributed by atoms with Crippen LogP contribution in [0.2, 0.25) is 0 Å². The predicted molar refractivity (Wildman–Crippen MR) is 116 cm³/mol. The van der Waals surface area contributed by atoms with Crippen LogP contribution in [0.4, 0.5) is 0 Å². The minimum atomic E-state index is -0.805. The van der Waals surface area contributed by atoms with Gasteiger partial charge in [-0.1, -0.05) is 56.3 Å². The Bertz CT molecular complexity index is 915. The average Bonchev–Trinajstić information content (AvgIpc) is 3.56. The van der Waals surface area contributed by atoms with Crippen LogP contribution in [0.15, 0.2) is 42.5 Å². The molecule has 1 fully saturated rings. The Labute approximate surface area is 177 Å². The number of ether oxygens (including phenoxy) is 1. The molecule has 2 atom stereocenters. The van der Waals surface area contributed by atoms with Crippen molar-refractivity contribution in [1.82, 2.24) is 10.6 Å². The highest BCUT2D eigenvalue weighted by Crippen LogP contribution is 2.32. The lowest BCUT2D eigenvalue weighted by atomic mass is 10.0. The zero-order valence-corrected chi connectivity index (χ0v) is 17.8. The first kappa shape index (κ1) is 21.8. The summed E-state index contributed by atoms with van der Waals surface area (Å²) in [5.41, 5.74) is 0.898. The number of carbonyl (C=O) groups excluding carboxylic acids is 3. The van der Waals surface area contributed by atoms with E-state index in [9.17, 15) is 14.4 Å². The summed E-state index contributed by atoms with van der Waals surface area (Å²) in [6.07, 6.45) is 2.41. The van der Waals surface area contributed by atoms with Crippen molar-refractivity contribution in [2.24, 2.45) is 11.8 Å². The zero-order chi connectivity index (χ0) is 21.7. The van der Waals surface area contributed by atoms with Crippen molar-refractivity contribution < 1.29 is 19.1 Å². The fraction of sp³-hybridized carbons (Fsp3) is 0.458. The molecule has 160 valence electrons. The number of hydrogen-bond donors (Lipinski definition) is 2. The first-order valence-corrected chi connectivity index (χ1v) is 10.6. The van der Waals surface area contributed by atoms with Gasteiger partial charge < -0.3 is 15.4 Å². The van der Waals surface area contributed by atoms with E-state index in [-0.39, 0.29) is 36.8 Å². The maximum absolute atomic E-state index is 12.6. The van der Waals surface area contributed by atoms with Crippen molar-refractivity contribution in [1.29, 1.82) is 0 Å². The Morgan fingerprint density at radius 1 is 0.967 bits per heavy atom. The Hall–Kier alpha value is -2.89. The first-order chi connectivity index (χ1) is 14.3. The summed E-state index contributed by atoms with van der Waals surface area (Å²) in [5.74, 6) is -0.796. The molecule has 0 saturated heterocycles. The first-order valence-electron chi connectivity index (χ1n) is 10.6. The quantitative estimate of drug-likeness (QED) is 0.623. The van der Waals surface area contributed by atoms with E-state index < -0.39 is 12.0 Å². The second kappa shape index (κ2) is 9.74. The van der Waals surface area contributed by atoms with Crippen LogP contribution in [0, 0.1) is 11.8 Å². The summed E-state index contributed by atoms with van der Waals surface area (Å²) in [4.78, 5) is 37.1. The highest BCUT2D eigenvalue weighted by molar-refractivity contribution is 5.92. The minimum Gasteiger partial charge on any atom is -0.454 e. The van der Waals surface area contributed by atoms with E-state index in [4.69, 9.17) is 4.74 Å². The van der Waals surface area contributed by atoms with Crippen molar-refractivity contribution >= 4 is 28.6 Å². The predicted octanol–water partition coefficient (Wildman–Crippen LogP) is 2.98. The smallest absolute Gasteiger partial charge is 0.329 e. The van der Waals surface area contributed by atoms with Crippen LogP contribution < -0.4 is 10.6 Å². The third-order valence-electron chi connectivity index (χ3n) is 5.53. The molecule has 1 aliphatic carbocycles. The monoisotopic (exact) mass is 410 g/mol. The topological polar surface area (TPSA) is 84.5 Å². The van der Waals surface area contributed by atoms with Crippen LogP contribution in [0.25, 0.3) is 10.8 Å². The van der Waals surface area contributed by atoms with Gasteiger partial charge in [-0.25, -0.2) is 4.79 Å². The molecule has 3 rings (SSSR count). The number of amides is 2. The van der Waals surface area contributed by atoms with E-state index in [1.807, 2.05) is 63.2 Å². The van der Waals surface area contributed by atoms with Crippen molar-refractivity contribution in [3.05, 3.63) is 48.0 Å². The maximum Gasteiger partial charge on any atom is 0.329 e. The van der Waals surface area contributed by atoms with Gasteiger partial charge in [-0.3, -0.25) is 9.59 Å². The van der Waals surface area contributed by atoms with Gasteiger partial charge >= 0.3 is 5.97 Å². The second-order valence-corrected chi connectivity index (χ2v) is 8.41. The number of nitrogens with one attached hydrogen (secondary N) is 2. The van der Waals surface area contributed by atoms with Gasteiger partial charge in [0.2, 0.25) is 5.91 Å². The third-order valence-corrected chi connectivity index (χ3v) is 5.53. The molecule has 0 spiro atoms. The Morgan fingerprint density at radius 3 is 2.37 bits per heavy atom. The highest BCUT2D eigenvalue weighted by Gasteiger charge is 2.30. The molecule has 2 aromatic rings. The van der Waals surface area contributed by atoms with Crippen molar-refractivity contribution in [3.63, 3.8) is 0 Å². The molecule has 2 N–H and O–H groups in total. The van der Waals surface area contributed by atoms with Crippen LogP contribution in [0.5, 0.6) is 0 Å². The molecule has 0 bridgehead atoms. The molecule has 1 saturated carbocycles. The molecule has 0 heterocycles. The Morgan fingerprint density at radius 2 is 1.67 bits per heavy atom. The second-order valence-electron chi connectivity index (χ2n) is 8.41. The normalized spacial score (nSPS) is 15.5. The van der Waals surface area contributed by atoms with Crippen LogP contribution in [0.3, 0.4) is 0 Å². The lowest BCUT2D eigenvalue weighted by Gasteiger charge is -2.21. The fourth-order valence-electron chi connectivity index (χ4n) is 3.58. The Kier molecular flexibility index (Phi) is 7.08. The van der Waals surface area contributed by atoms with Crippen LogP contribution in [-0.4, -0.2) is 36.5 Å². The molecule has 6 nitrogen and oxygen atoms in total. The molecule has 0 radical (unpaired) electrons. The van der Waals surface area contributed by atoms with Crippen LogP contribution >= 0.6 is 0 Å². The van der Waals surface area contributed by atoms with Crippen LogP contribution in [0.1, 0.15) is 39.2 Å². The highest BCUT2D eigenvalue weighted by atomic mass is 16.5. The summed E-state index contributed by atoms with van der Waals surface area (Å²) < 4.78 is 5.18. The summed E-state index contributed by atoms with van der Waals surface area (Å²) in [6.45, 7) is 5.29. The van der Waals surface area contributed by atoms with Gasteiger partial charge in [0.1, 0.15) is 6.04 Å². The van der Waals surface area contributed by atoms with E-state index in [2.05, 4.69) is 10.6 Å². The molecule has 0 aromatic heterocycles. The molecule has 6 heteroatoms. The van der Waals surface area contributed by atoms with Crippen molar-refractivity contribution in [3.8, 4) is 0 Å². The standard InChI is InChI=1S/C24H30N2O4/c1-15(2)23(24(29)30-14-22(28)25-16(3)17-11-12-17)26-21(27)13-19-9-6-8-18-7-4-5-10-20(18)19/h4-10,15-17,23H,11-14H2,1-3H3,(H,25,28)(H,26,27)/t16-,23+/m1/s1. The number of benzene rings is 2. The third kappa shape index (κ3) is 5.81. The number of esters is 1. The SMILES string of the molecule is CC(C)[C@H](NC(=O)Cc1cccc2ccccc12)C(=O)OCC(=O)N[C@H](C)C1CC1. The number of hydrogen-bond acceptors (Lipinski definition) is 4. The van der Waals surface area contributed by atoms with E-state index in [1.54, 1.807) is 0 Å². The molecule has 2 amide bonds. The van der Waals surface area contributed by atoms with Gasteiger partial charge in [0.15, 0.2) is 6.61 Å². The number of fused-ring (bicyclic) bond motifs is 1. The summed E-state index contributed by atoms with van der Waals surface area (Å²) in [7, 11) is 0. The van der Waals surface area contributed by atoms with Gasteiger partial charge in [0.05, 0.1) is 6.42 Å². The van der Waals surface area contributed by atoms with Crippen molar-refractivity contribution in [2.75, 3.05) is 6.61 Å². The van der Waals surface area contributed by atoms with Gasteiger partial charge in [-0.15, -0.1) is 0 Å². The van der Waals surface area contributed by atoms with Gasteiger partial charge in [-0.05, 0) is 47.9 Å². The van der Waals surface area contributed by atoms with E-state index in [0.717, 1.165) is 29.2 Å². The fourth-order valence-corrected chi connectivity index (χ4v) is 3.58. The lowest BCUT2D eigenvalue weighted by molar-refractivity contribution is -0.153. The van der Waals surface area contributed by atoms with E-state index >= 15 is 0 Å². The Balaban J connectivity index is 1.55. The van der Waals surface area contributed by atoms with Gasteiger partial charge in [-0.2, -0.15) is 0 Å². The number of rotatable bonds is 9. The van der Waals surface area contributed by atoms with Gasteiger partial charge in [0, 0.05) is 6.04 Å². The summed E-state index contributed by atoms with van der Waals surface area (Å²) >= 11 is 0. The summed E-state index contributed by atoms with van der Waals surface area (Å²) in [5, 5.41) is 7.71. The van der Waals surface area contributed by atoms with Crippen LogP contribution in [-0.2, 0) is 25.5 Å². The molecule has 30 heavy (non-hydrogen) atoms. The molecular weight excluding hydrogens is 380 g/mol. The van der Waals surface area contributed by atoms with E-state index in [0.29, 0.717) is 5.92 Å². The van der Waals surface area contributed by atoms with E-state index in [1.165, 1.54) is 0 Å². The molecule has 0 aliphatic heterocycles. The lowest BCUT2D eigenvalue weighted by Crippen LogP contribution is -2.47. The van der Waals surface area contributed by atoms with Gasteiger partial charge in [0.25, 0.3) is 5.91 Å². The average molecular weight is 411 g/mol. The molecule has 0 unspecified atom stereocenters. The minimum absolute atomic E-state index is 0.0949. The maximum atomic E-state index is 12.6. The molecular formula is C24H30N2O4. The zero-order valence-electron chi connectivity index (χ0n) is 17.8. The summed E-state index contributed by atoms with van der Waals surface area (Å²) in [6, 6.07) is 13.0. The molecule has 1 aliphatic rings. The largest absolute Gasteiger partial charge is 0.454 e. The van der Waals surface area contributed by atoms with Crippen molar-refractivity contribution in [2.45, 2.75) is 52.1 Å². The number of carbonyl (C=O) groups is 3. The molecule has 2 aromatic carbocycles.